The van der Waals surface area contributed by atoms with E-state index in [-0.39, 0.29) is 35.6 Å². The van der Waals surface area contributed by atoms with Crippen LogP contribution in [0.2, 0.25) is 0 Å². The topological polar surface area (TPSA) is 46.3 Å². The van der Waals surface area contributed by atoms with Crippen LogP contribution in [0.3, 0.4) is 0 Å². The molecule has 1 saturated carbocycles. The number of amides is 1. The summed E-state index contributed by atoms with van der Waals surface area (Å²) < 4.78 is 12.9. The van der Waals surface area contributed by atoms with Gasteiger partial charge >= 0.3 is 0 Å². The third-order valence-electron chi connectivity index (χ3n) is 4.61. The third-order valence-corrected chi connectivity index (χ3v) is 4.61. The van der Waals surface area contributed by atoms with Crippen molar-refractivity contribution >= 4 is 5.91 Å². The van der Waals surface area contributed by atoms with Gasteiger partial charge in [-0.1, -0.05) is 12.1 Å². The Bertz CT molecular complexity index is 502. The molecule has 4 heteroatoms. The van der Waals surface area contributed by atoms with Gasteiger partial charge in [0.25, 0.3) is 0 Å². The van der Waals surface area contributed by atoms with Gasteiger partial charge in [0.15, 0.2) is 0 Å². The number of halogens is 1. The zero-order chi connectivity index (χ0) is 14.3. The van der Waals surface area contributed by atoms with Crippen molar-refractivity contribution in [2.24, 2.45) is 11.7 Å². The van der Waals surface area contributed by atoms with Gasteiger partial charge in [0, 0.05) is 24.5 Å². The molecule has 1 heterocycles. The molecular weight excluding hydrogens is 255 g/mol. The quantitative estimate of drug-likeness (QED) is 0.900. The van der Waals surface area contributed by atoms with E-state index < -0.39 is 0 Å². The lowest BCUT2D eigenvalue weighted by Gasteiger charge is -2.36. The Morgan fingerprint density at radius 2 is 2.00 bits per heavy atom. The second-order valence-electron chi connectivity index (χ2n) is 6.17. The van der Waals surface area contributed by atoms with Crippen LogP contribution < -0.4 is 5.73 Å². The van der Waals surface area contributed by atoms with E-state index in [4.69, 9.17) is 5.73 Å². The summed E-state index contributed by atoms with van der Waals surface area (Å²) in [5.41, 5.74) is 7.01. The minimum atomic E-state index is -0.226. The third kappa shape index (κ3) is 2.57. The Kier molecular flexibility index (Phi) is 3.50. The van der Waals surface area contributed by atoms with E-state index in [1.54, 1.807) is 12.1 Å². The molecular formula is C16H21FN2O. The Hall–Kier alpha value is -1.42. The fraction of sp³-hybridized carbons (Fsp3) is 0.562. The molecule has 4 unspecified atom stereocenters. The van der Waals surface area contributed by atoms with Crippen LogP contribution in [0.15, 0.2) is 24.3 Å². The minimum Gasteiger partial charge on any atom is -0.340 e. The average molecular weight is 276 g/mol. The summed E-state index contributed by atoms with van der Waals surface area (Å²) in [6.07, 6.45) is 2.67. The molecule has 1 aromatic rings. The van der Waals surface area contributed by atoms with E-state index in [9.17, 15) is 9.18 Å². The molecule has 0 spiro atoms. The standard InChI is InChI=1S/C16H21FN2O/c1-10-8-13(18)6-7-19(10)16(20)15-9-14(15)11-2-4-12(17)5-3-11/h2-5,10,13-15H,6-9,18H2,1H3. The molecule has 20 heavy (non-hydrogen) atoms. The maximum Gasteiger partial charge on any atom is 0.226 e. The largest absolute Gasteiger partial charge is 0.340 e. The maximum atomic E-state index is 12.9. The average Bonchev–Trinajstić information content (AvgIpc) is 3.19. The molecule has 2 N–H and O–H groups in total. The number of nitrogens with two attached hydrogens (primary N) is 1. The highest BCUT2D eigenvalue weighted by atomic mass is 19.1. The number of piperidine rings is 1. The van der Waals surface area contributed by atoms with E-state index in [1.807, 2.05) is 4.90 Å². The fourth-order valence-corrected chi connectivity index (χ4v) is 3.30. The molecule has 0 bridgehead atoms. The Balaban J connectivity index is 1.64. The highest BCUT2D eigenvalue weighted by Gasteiger charge is 2.46. The van der Waals surface area contributed by atoms with E-state index in [1.165, 1.54) is 12.1 Å². The Morgan fingerprint density at radius 1 is 1.30 bits per heavy atom. The molecule has 2 aliphatic rings. The highest BCUT2D eigenvalue weighted by Crippen LogP contribution is 2.48. The highest BCUT2D eigenvalue weighted by molar-refractivity contribution is 5.83. The summed E-state index contributed by atoms with van der Waals surface area (Å²) in [4.78, 5) is 14.5. The molecule has 108 valence electrons. The summed E-state index contributed by atoms with van der Waals surface area (Å²) >= 11 is 0. The molecule has 3 rings (SSSR count). The van der Waals surface area contributed by atoms with E-state index in [2.05, 4.69) is 6.92 Å². The monoisotopic (exact) mass is 276 g/mol. The first kappa shape index (κ1) is 13.6. The van der Waals surface area contributed by atoms with E-state index in [0.29, 0.717) is 0 Å². The smallest absolute Gasteiger partial charge is 0.226 e. The van der Waals surface area contributed by atoms with Crippen LogP contribution in [0.4, 0.5) is 4.39 Å². The molecule has 1 aromatic carbocycles. The molecule has 0 aromatic heterocycles. The second kappa shape index (κ2) is 5.17. The SMILES string of the molecule is CC1CC(N)CCN1C(=O)C1CC1c1ccc(F)cc1. The summed E-state index contributed by atoms with van der Waals surface area (Å²) in [6, 6.07) is 6.99. The van der Waals surface area contributed by atoms with Crippen LogP contribution in [0.5, 0.6) is 0 Å². The van der Waals surface area contributed by atoms with Gasteiger partial charge in [-0.3, -0.25) is 4.79 Å². The summed E-state index contributed by atoms with van der Waals surface area (Å²) in [7, 11) is 0. The zero-order valence-electron chi connectivity index (χ0n) is 11.8. The van der Waals surface area contributed by atoms with Gasteiger partial charge in [0.05, 0.1) is 0 Å². The zero-order valence-corrected chi connectivity index (χ0v) is 11.8. The lowest BCUT2D eigenvalue weighted by molar-refractivity contribution is -0.136. The van der Waals surface area contributed by atoms with Crippen LogP contribution >= 0.6 is 0 Å². The van der Waals surface area contributed by atoms with Crippen molar-refractivity contribution < 1.29 is 9.18 Å². The van der Waals surface area contributed by atoms with Crippen molar-refractivity contribution in [1.29, 1.82) is 0 Å². The first-order valence-electron chi connectivity index (χ1n) is 7.38. The van der Waals surface area contributed by atoms with Crippen molar-refractivity contribution in [3.8, 4) is 0 Å². The second-order valence-corrected chi connectivity index (χ2v) is 6.17. The molecule has 1 aliphatic heterocycles. The van der Waals surface area contributed by atoms with Gasteiger partial charge in [-0.2, -0.15) is 0 Å². The van der Waals surface area contributed by atoms with Crippen molar-refractivity contribution in [3.63, 3.8) is 0 Å². The summed E-state index contributed by atoms with van der Waals surface area (Å²) in [6.45, 7) is 2.85. The van der Waals surface area contributed by atoms with Crippen molar-refractivity contribution in [2.45, 2.75) is 44.2 Å². The van der Waals surface area contributed by atoms with Crippen LogP contribution in [-0.4, -0.2) is 29.4 Å². The lowest BCUT2D eigenvalue weighted by Crippen LogP contribution is -2.49. The lowest BCUT2D eigenvalue weighted by atomic mass is 9.98. The van der Waals surface area contributed by atoms with Crippen LogP contribution in [0.1, 0.15) is 37.7 Å². The molecule has 1 aliphatic carbocycles. The Labute approximate surface area is 118 Å². The molecule has 1 amide bonds. The molecule has 4 atom stereocenters. The molecule has 0 radical (unpaired) electrons. The van der Waals surface area contributed by atoms with Crippen LogP contribution in [0.25, 0.3) is 0 Å². The van der Waals surface area contributed by atoms with Gasteiger partial charge in [0.1, 0.15) is 5.82 Å². The number of rotatable bonds is 2. The van der Waals surface area contributed by atoms with Gasteiger partial charge in [-0.15, -0.1) is 0 Å². The first-order chi connectivity index (χ1) is 9.56. The number of likely N-dealkylation sites (tertiary alicyclic amines) is 1. The minimum absolute atomic E-state index is 0.0808. The van der Waals surface area contributed by atoms with E-state index >= 15 is 0 Å². The van der Waals surface area contributed by atoms with Crippen LogP contribution in [0, 0.1) is 11.7 Å². The number of benzene rings is 1. The van der Waals surface area contributed by atoms with Gasteiger partial charge < -0.3 is 10.6 Å². The van der Waals surface area contributed by atoms with Crippen molar-refractivity contribution in [2.75, 3.05) is 6.54 Å². The number of carbonyl (C=O) groups is 1. The van der Waals surface area contributed by atoms with Gasteiger partial charge in [0.2, 0.25) is 5.91 Å². The molecule has 2 fully saturated rings. The summed E-state index contributed by atoms with van der Waals surface area (Å²) in [5, 5.41) is 0. The van der Waals surface area contributed by atoms with Crippen molar-refractivity contribution in [3.05, 3.63) is 35.6 Å². The van der Waals surface area contributed by atoms with Gasteiger partial charge in [-0.05, 0) is 49.8 Å². The number of hydrogen-bond donors (Lipinski definition) is 1. The van der Waals surface area contributed by atoms with E-state index in [0.717, 1.165) is 31.4 Å². The fourth-order valence-electron chi connectivity index (χ4n) is 3.30. The molecule has 3 nitrogen and oxygen atoms in total. The summed E-state index contributed by atoms with van der Waals surface area (Å²) in [5.74, 6) is 0.373. The predicted molar refractivity (Wildman–Crippen MR) is 75.6 cm³/mol. The number of carbonyl (C=O) groups excluding carboxylic acids is 1. The Morgan fingerprint density at radius 3 is 2.65 bits per heavy atom. The predicted octanol–water partition coefficient (Wildman–Crippen LogP) is 2.27. The van der Waals surface area contributed by atoms with Gasteiger partial charge in [-0.25, -0.2) is 4.39 Å². The molecule has 1 saturated heterocycles. The number of hydrogen-bond acceptors (Lipinski definition) is 2. The van der Waals surface area contributed by atoms with Crippen molar-refractivity contribution in [1.82, 2.24) is 4.90 Å². The van der Waals surface area contributed by atoms with Crippen LogP contribution in [-0.2, 0) is 4.79 Å². The number of nitrogens with zero attached hydrogens (tertiary/aromatic N) is 1. The first-order valence-corrected chi connectivity index (χ1v) is 7.38. The maximum absolute atomic E-state index is 12.9. The normalized spacial score (nSPS) is 33.0.